The summed E-state index contributed by atoms with van der Waals surface area (Å²) in [5.41, 5.74) is 0.303. The number of hydrogen-bond acceptors (Lipinski definition) is 2. The average Bonchev–Trinajstić information content (AvgIpc) is 2.50. The summed E-state index contributed by atoms with van der Waals surface area (Å²) in [7, 11) is 1.65. The first kappa shape index (κ1) is 15.8. The molecule has 0 unspecified atom stereocenters. The molecule has 0 bridgehead atoms. The fraction of sp³-hybridized carbons (Fsp3) is 0.467. The molecular weight excluding hydrogens is 295 g/mol. The van der Waals surface area contributed by atoms with Gasteiger partial charge in [0.25, 0.3) is 0 Å². The van der Waals surface area contributed by atoms with Gasteiger partial charge in [0.1, 0.15) is 5.82 Å². The zero-order chi connectivity index (χ0) is 15.4. The Morgan fingerprint density at radius 1 is 1.29 bits per heavy atom. The largest absolute Gasteiger partial charge is 0.335 e. The van der Waals surface area contributed by atoms with Crippen molar-refractivity contribution in [1.29, 1.82) is 0 Å². The first-order chi connectivity index (χ1) is 9.99. The quantitative estimate of drug-likeness (QED) is 0.853. The van der Waals surface area contributed by atoms with Gasteiger partial charge in [0.15, 0.2) is 0 Å². The van der Waals surface area contributed by atoms with Gasteiger partial charge in [-0.25, -0.2) is 4.39 Å². The third kappa shape index (κ3) is 3.94. The van der Waals surface area contributed by atoms with Crippen molar-refractivity contribution in [3.8, 4) is 0 Å². The van der Waals surface area contributed by atoms with Gasteiger partial charge in [-0.05, 0) is 31.0 Å². The highest BCUT2D eigenvalue weighted by Crippen LogP contribution is 2.22. The van der Waals surface area contributed by atoms with Gasteiger partial charge in [-0.2, -0.15) is 0 Å². The van der Waals surface area contributed by atoms with Crippen molar-refractivity contribution in [3.63, 3.8) is 0 Å². The highest BCUT2D eigenvalue weighted by molar-refractivity contribution is 6.39. The highest BCUT2D eigenvalue weighted by atomic mass is 35.5. The average molecular weight is 313 g/mol. The molecule has 6 heteroatoms. The van der Waals surface area contributed by atoms with Crippen molar-refractivity contribution in [3.05, 3.63) is 29.0 Å². The van der Waals surface area contributed by atoms with Crippen LogP contribution in [-0.4, -0.2) is 29.8 Å². The SMILES string of the molecule is CN(C(=O)C(=O)Nc1ccc(F)c(Cl)c1)C1CCCCC1. The summed E-state index contributed by atoms with van der Waals surface area (Å²) < 4.78 is 13.0. The molecule has 2 amide bonds. The van der Waals surface area contributed by atoms with Crippen LogP contribution < -0.4 is 5.32 Å². The van der Waals surface area contributed by atoms with Gasteiger partial charge in [0.05, 0.1) is 5.02 Å². The summed E-state index contributed by atoms with van der Waals surface area (Å²) in [6.45, 7) is 0. The third-order valence-corrected chi connectivity index (χ3v) is 4.10. The van der Waals surface area contributed by atoms with E-state index in [1.807, 2.05) is 0 Å². The lowest BCUT2D eigenvalue weighted by molar-refractivity contribution is -0.144. The van der Waals surface area contributed by atoms with Crippen molar-refractivity contribution in [1.82, 2.24) is 4.90 Å². The zero-order valence-electron chi connectivity index (χ0n) is 11.9. The van der Waals surface area contributed by atoms with Gasteiger partial charge in [-0.1, -0.05) is 30.9 Å². The molecule has 1 aliphatic carbocycles. The molecule has 4 nitrogen and oxygen atoms in total. The van der Waals surface area contributed by atoms with Crippen LogP contribution in [0, 0.1) is 5.82 Å². The standard InChI is InChI=1S/C15H18ClFN2O2/c1-19(11-5-3-2-4-6-11)15(21)14(20)18-10-7-8-13(17)12(16)9-10/h7-9,11H,2-6H2,1H3,(H,18,20). The lowest BCUT2D eigenvalue weighted by Gasteiger charge is -2.30. The minimum absolute atomic E-state index is 0.0964. The van der Waals surface area contributed by atoms with Crippen LogP contribution in [0.5, 0.6) is 0 Å². The molecule has 0 heterocycles. The van der Waals surface area contributed by atoms with Crippen LogP contribution in [0.15, 0.2) is 18.2 Å². The Balaban J connectivity index is 1.98. The molecule has 0 aromatic heterocycles. The maximum absolute atomic E-state index is 13.0. The molecular formula is C15H18ClFN2O2. The molecule has 0 atom stereocenters. The number of amides is 2. The normalized spacial score (nSPS) is 15.6. The molecule has 1 aromatic rings. The molecule has 1 fully saturated rings. The molecule has 0 saturated heterocycles. The van der Waals surface area contributed by atoms with Gasteiger partial charge in [0, 0.05) is 18.8 Å². The Labute approximate surface area is 128 Å². The lowest BCUT2D eigenvalue weighted by atomic mass is 9.94. The Hall–Kier alpha value is -1.62. The summed E-state index contributed by atoms with van der Waals surface area (Å²) in [6, 6.07) is 3.91. The monoisotopic (exact) mass is 312 g/mol. The van der Waals surface area contributed by atoms with Crippen LogP contribution in [0.1, 0.15) is 32.1 Å². The minimum Gasteiger partial charge on any atom is -0.335 e. The molecule has 1 saturated carbocycles. The van der Waals surface area contributed by atoms with Crippen molar-refractivity contribution < 1.29 is 14.0 Å². The summed E-state index contributed by atoms with van der Waals surface area (Å²) in [5, 5.41) is 2.35. The molecule has 114 valence electrons. The van der Waals surface area contributed by atoms with E-state index in [-0.39, 0.29) is 11.1 Å². The molecule has 1 N–H and O–H groups in total. The summed E-state index contributed by atoms with van der Waals surface area (Å²) in [6.07, 6.45) is 5.20. The first-order valence-corrected chi connectivity index (χ1v) is 7.40. The number of rotatable bonds is 2. The van der Waals surface area contributed by atoms with E-state index in [4.69, 9.17) is 11.6 Å². The fourth-order valence-electron chi connectivity index (χ4n) is 2.55. The van der Waals surface area contributed by atoms with Crippen LogP contribution in [0.4, 0.5) is 10.1 Å². The summed E-state index contributed by atoms with van der Waals surface area (Å²) in [5.74, 6) is -1.88. The van der Waals surface area contributed by atoms with E-state index < -0.39 is 17.6 Å². The molecule has 1 aliphatic rings. The van der Waals surface area contributed by atoms with E-state index in [0.717, 1.165) is 31.7 Å². The van der Waals surface area contributed by atoms with E-state index in [1.54, 1.807) is 7.05 Å². The molecule has 0 aliphatic heterocycles. The Kier molecular flexibility index (Phi) is 5.17. The second-order valence-corrected chi connectivity index (χ2v) is 5.70. The number of nitrogens with one attached hydrogen (secondary N) is 1. The number of hydrogen-bond donors (Lipinski definition) is 1. The van der Waals surface area contributed by atoms with E-state index in [0.29, 0.717) is 5.69 Å². The number of anilines is 1. The van der Waals surface area contributed by atoms with E-state index in [9.17, 15) is 14.0 Å². The molecule has 2 rings (SSSR count). The van der Waals surface area contributed by atoms with Gasteiger partial charge in [0.2, 0.25) is 0 Å². The smallest absolute Gasteiger partial charge is 0.313 e. The summed E-state index contributed by atoms with van der Waals surface area (Å²) >= 11 is 5.64. The van der Waals surface area contributed by atoms with Crippen LogP contribution >= 0.6 is 11.6 Å². The number of nitrogens with zero attached hydrogens (tertiary/aromatic N) is 1. The highest BCUT2D eigenvalue weighted by Gasteiger charge is 2.26. The second kappa shape index (κ2) is 6.89. The van der Waals surface area contributed by atoms with Crippen LogP contribution in [0.2, 0.25) is 5.02 Å². The van der Waals surface area contributed by atoms with Crippen molar-refractivity contribution in [2.24, 2.45) is 0 Å². The Morgan fingerprint density at radius 3 is 2.57 bits per heavy atom. The minimum atomic E-state index is -0.731. The number of carbonyl (C=O) groups excluding carboxylic acids is 2. The molecule has 1 aromatic carbocycles. The topological polar surface area (TPSA) is 49.4 Å². The first-order valence-electron chi connectivity index (χ1n) is 7.02. The predicted octanol–water partition coefficient (Wildman–Crippen LogP) is 3.21. The van der Waals surface area contributed by atoms with E-state index >= 15 is 0 Å². The second-order valence-electron chi connectivity index (χ2n) is 5.29. The van der Waals surface area contributed by atoms with Crippen LogP contribution in [0.3, 0.4) is 0 Å². The van der Waals surface area contributed by atoms with Gasteiger partial charge >= 0.3 is 11.8 Å². The van der Waals surface area contributed by atoms with E-state index in [2.05, 4.69) is 5.32 Å². The third-order valence-electron chi connectivity index (χ3n) is 3.81. The van der Waals surface area contributed by atoms with Crippen LogP contribution in [-0.2, 0) is 9.59 Å². The maximum Gasteiger partial charge on any atom is 0.313 e. The van der Waals surface area contributed by atoms with Gasteiger partial charge in [-0.3, -0.25) is 9.59 Å². The molecule has 0 spiro atoms. The van der Waals surface area contributed by atoms with Crippen molar-refractivity contribution >= 4 is 29.1 Å². The Morgan fingerprint density at radius 2 is 1.95 bits per heavy atom. The number of halogens is 2. The number of carbonyl (C=O) groups is 2. The lowest BCUT2D eigenvalue weighted by Crippen LogP contribution is -2.44. The number of likely N-dealkylation sites (N-methyl/N-ethyl adjacent to an activating group) is 1. The van der Waals surface area contributed by atoms with Crippen LogP contribution in [0.25, 0.3) is 0 Å². The van der Waals surface area contributed by atoms with Crippen molar-refractivity contribution in [2.45, 2.75) is 38.1 Å². The van der Waals surface area contributed by atoms with Gasteiger partial charge in [-0.15, -0.1) is 0 Å². The molecule has 21 heavy (non-hydrogen) atoms. The van der Waals surface area contributed by atoms with E-state index in [1.165, 1.54) is 23.5 Å². The zero-order valence-corrected chi connectivity index (χ0v) is 12.6. The summed E-state index contributed by atoms with van der Waals surface area (Å²) in [4.78, 5) is 25.6. The number of benzene rings is 1. The molecule has 0 radical (unpaired) electrons. The van der Waals surface area contributed by atoms with Crippen molar-refractivity contribution in [2.75, 3.05) is 12.4 Å². The Bertz CT molecular complexity index is 544. The van der Waals surface area contributed by atoms with Gasteiger partial charge < -0.3 is 10.2 Å². The maximum atomic E-state index is 13.0. The predicted molar refractivity (Wildman–Crippen MR) is 79.7 cm³/mol. The fourth-order valence-corrected chi connectivity index (χ4v) is 2.73.